The van der Waals surface area contributed by atoms with E-state index in [9.17, 15) is 0 Å². The molecule has 2 aromatic heterocycles. The monoisotopic (exact) mass is 320 g/mol. The van der Waals surface area contributed by atoms with Crippen molar-refractivity contribution in [1.29, 1.82) is 0 Å². The molecule has 0 amide bonds. The maximum Gasteiger partial charge on any atom is 0.0957 e. The van der Waals surface area contributed by atoms with Crippen molar-refractivity contribution in [3.8, 4) is 11.3 Å². The molecule has 0 spiro atoms. The van der Waals surface area contributed by atoms with Crippen molar-refractivity contribution >= 4 is 11.3 Å². The molecule has 3 aromatic rings. The second-order valence-electron chi connectivity index (χ2n) is 6.85. The Hall–Kier alpha value is -1.87. The number of rotatable bonds is 2. The van der Waals surface area contributed by atoms with Gasteiger partial charge in [-0.15, -0.1) is 11.3 Å². The molecule has 0 N–H and O–H groups in total. The molecule has 2 nitrogen and oxygen atoms in total. The smallest absolute Gasteiger partial charge is 0.0957 e. The Morgan fingerprint density at radius 1 is 1.00 bits per heavy atom. The first-order valence-electron chi connectivity index (χ1n) is 8.56. The molecule has 1 aliphatic carbocycles. The highest BCUT2D eigenvalue weighted by Crippen LogP contribution is 2.50. The van der Waals surface area contributed by atoms with Gasteiger partial charge >= 0.3 is 0 Å². The molecule has 0 saturated heterocycles. The van der Waals surface area contributed by atoms with Crippen LogP contribution >= 0.6 is 11.3 Å². The first-order valence-corrected chi connectivity index (χ1v) is 9.44. The van der Waals surface area contributed by atoms with E-state index in [1.807, 2.05) is 23.9 Å². The molecular weight excluding hydrogens is 300 g/mol. The third-order valence-corrected chi connectivity index (χ3v) is 6.68. The van der Waals surface area contributed by atoms with Crippen LogP contribution in [0.15, 0.2) is 54.3 Å². The Morgan fingerprint density at radius 3 is 2.65 bits per heavy atom. The highest BCUT2D eigenvalue weighted by molar-refractivity contribution is 7.10. The molecule has 1 atom stereocenters. The second kappa shape index (κ2) is 5.34. The molecule has 116 valence electrons. The third-order valence-electron chi connectivity index (χ3n) is 5.69. The molecule has 3 heteroatoms. The normalized spacial score (nSPS) is 26.0. The molecule has 2 aliphatic rings. The summed E-state index contributed by atoms with van der Waals surface area (Å²) in [7, 11) is 0. The number of hydrogen-bond donors (Lipinski definition) is 0. The molecule has 3 heterocycles. The van der Waals surface area contributed by atoms with Gasteiger partial charge in [-0.3, -0.25) is 0 Å². The maximum absolute atomic E-state index is 4.40. The van der Waals surface area contributed by atoms with Gasteiger partial charge in [0.05, 0.1) is 24.3 Å². The minimum Gasteiger partial charge on any atom is -0.322 e. The molecule has 23 heavy (non-hydrogen) atoms. The Balaban J connectivity index is 1.39. The summed E-state index contributed by atoms with van der Waals surface area (Å²) in [5.74, 6) is 1.50. The summed E-state index contributed by atoms with van der Waals surface area (Å²) in [5.41, 5.74) is 4.26. The van der Waals surface area contributed by atoms with E-state index in [2.05, 4.69) is 51.3 Å². The van der Waals surface area contributed by atoms with Gasteiger partial charge in [-0.25, -0.2) is 4.98 Å². The third kappa shape index (κ3) is 2.10. The number of thiophene rings is 1. The van der Waals surface area contributed by atoms with Crippen LogP contribution < -0.4 is 0 Å². The van der Waals surface area contributed by atoms with Crippen LogP contribution in [-0.2, 0) is 0 Å². The number of nitrogens with zero attached hydrogens (tertiary/aromatic N) is 2. The van der Waals surface area contributed by atoms with Crippen molar-refractivity contribution in [3.63, 3.8) is 0 Å². The van der Waals surface area contributed by atoms with E-state index < -0.39 is 0 Å². The molecule has 0 unspecified atom stereocenters. The van der Waals surface area contributed by atoms with E-state index in [0.29, 0.717) is 6.04 Å². The molecule has 5 rings (SSSR count). The maximum atomic E-state index is 4.40. The van der Waals surface area contributed by atoms with E-state index in [1.54, 1.807) is 4.88 Å². The summed E-state index contributed by atoms with van der Waals surface area (Å²) in [4.78, 5) is 5.96. The topological polar surface area (TPSA) is 17.8 Å². The van der Waals surface area contributed by atoms with Gasteiger partial charge in [-0.05, 0) is 54.5 Å². The van der Waals surface area contributed by atoms with E-state index in [4.69, 9.17) is 0 Å². The SMILES string of the molecule is c1ccc(C2CCC([C@@H]3c4sccc4-c4cncn43)CC2)cc1. The van der Waals surface area contributed by atoms with Crippen molar-refractivity contribution in [1.82, 2.24) is 9.55 Å². The van der Waals surface area contributed by atoms with Crippen LogP contribution in [0.4, 0.5) is 0 Å². The van der Waals surface area contributed by atoms with E-state index in [1.165, 1.54) is 42.5 Å². The summed E-state index contributed by atoms with van der Waals surface area (Å²) in [6, 6.07) is 13.9. The lowest BCUT2D eigenvalue weighted by Gasteiger charge is -2.33. The zero-order chi connectivity index (χ0) is 15.2. The van der Waals surface area contributed by atoms with Crippen LogP contribution in [-0.4, -0.2) is 9.55 Å². The first kappa shape index (κ1) is 13.6. The second-order valence-corrected chi connectivity index (χ2v) is 7.80. The number of benzene rings is 1. The lowest BCUT2D eigenvalue weighted by Crippen LogP contribution is -2.22. The molecule has 1 aliphatic heterocycles. The predicted molar refractivity (Wildman–Crippen MR) is 94.8 cm³/mol. The van der Waals surface area contributed by atoms with Crippen LogP contribution in [0.25, 0.3) is 11.3 Å². The zero-order valence-corrected chi connectivity index (χ0v) is 13.9. The summed E-state index contributed by atoms with van der Waals surface area (Å²) in [6.07, 6.45) is 9.33. The van der Waals surface area contributed by atoms with Crippen molar-refractivity contribution in [2.24, 2.45) is 5.92 Å². The van der Waals surface area contributed by atoms with Crippen LogP contribution in [0.2, 0.25) is 0 Å². The minimum atomic E-state index is 0.527. The van der Waals surface area contributed by atoms with Gasteiger partial charge in [0.15, 0.2) is 0 Å². The Labute approximate surface area is 140 Å². The van der Waals surface area contributed by atoms with Crippen LogP contribution in [0, 0.1) is 5.92 Å². The van der Waals surface area contributed by atoms with E-state index >= 15 is 0 Å². The van der Waals surface area contributed by atoms with Crippen molar-refractivity contribution in [2.75, 3.05) is 0 Å². The summed E-state index contributed by atoms with van der Waals surface area (Å²) >= 11 is 1.92. The van der Waals surface area contributed by atoms with E-state index in [-0.39, 0.29) is 0 Å². The van der Waals surface area contributed by atoms with Gasteiger partial charge in [0, 0.05) is 10.4 Å². The zero-order valence-electron chi connectivity index (χ0n) is 13.1. The van der Waals surface area contributed by atoms with Crippen molar-refractivity contribution < 1.29 is 0 Å². The van der Waals surface area contributed by atoms with Gasteiger partial charge < -0.3 is 4.57 Å². The fraction of sp³-hybridized carbons (Fsp3) is 0.350. The number of fused-ring (bicyclic) bond motifs is 3. The highest BCUT2D eigenvalue weighted by Gasteiger charge is 2.37. The molecule has 0 bridgehead atoms. The fourth-order valence-corrected chi connectivity index (χ4v) is 5.65. The summed E-state index contributed by atoms with van der Waals surface area (Å²) in [5, 5.41) is 2.24. The average Bonchev–Trinajstić information content (AvgIpc) is 3.29. The van der Waals surface area contributed by atoms with Crippen LogP contribution in [0.1, 0.15) is 48.1 Å². The van der Waals surface area contributed by atoms with Gasteiger partial charge in [0.25, 0.3) is 0 Å². The lowest BCUT2D eigenvalue weighted by molar-refractivity contribution is 0.267. The number of imidazole rings is 1. The lowest BCUT2D eigenvalue weighted by atomic mass is 9.76. The van der Waals surface area contributed by atoms with Gasteiger partial charge in [-0.2, -0.15) is 0 Å². The Kier molecular flexibility index (Phi) is 3.15. The predicted octanol–water partition coefficient (Wildman–Crippen LogP) is 5.49. The molecule has 1 saturated carbocycles. The number of hydrogen-bond acceptors (Lipinski definition) is 2. The summed E-state index contributed by atoms with van der Waals surface area (Å²) in [6.45, 7) is 0. The van der Waals surface area contributed by atoms with Crippen molar-refractivity contribution in [3.05, 3.63) is 64.7 Å². The fourth-order valence-electron chi connectivity index (χ4n) is 4.56. The Bertz CT molecular complexity index is 769. The molecular formula is C20H20N2S. The van der Waals surface area contributed by atoms with E-state index in [0.717, 1.165) is 11.8 Å². The molecule has 0 radical (unpaired) electrons. The van der Waals surface area contributed by atoms with Gasteiger partial charge in [0.1, 0.15) is 0 Å². The van der Waals surface area contributed by atoms with Gasteiger partial charge in [-0.1, -0.05) is 30.3 Å². The highest BCUT2D eigenvalue weighted by atomic mass is 32.1. The van der Waals surface area contributed by atoms with Crippen LogP contribution in [0.3, 0.4) is 0 Å². The number of aromatic nitrogens is 2. The molecule has 1 fully saturated rings. The quantitative estimate of drug-likeness (QED) is 0.610. The minimum absolute atomic E-state index is 0.527. The Morgan fingerprint density at radius 2 is 1.83 bits per heavy atom. The first-order chi connectivity index (χ1) is 11.4. The largest absolute Gasteiger partial charge is 0.322 e. The summed E-state index contributed by atoms with van der Waals surface area (Å²) < 4.78 is 2.43. The van der Waals surface area contributed by atoms with Crippen molar-refractivity contribution in [2.45, 2.75) is 37.6 Å². The van der Waals surface area contributed by atoms with Crippen LogP contribution in [0.5, 0.6) is 0 Å². The standard InChI is InChI=1S/C20H20N2S/c1-2-4-14(5-3-1)15-6-8-16(9-7-15)19-20-17(10-11-23-20)18-12-21-13-22(18)19/h1-5,10-13,15-16,19H,6-9H2/t15?,16?,19-/m1/s1. The molecule has 1 aromatic carbocycles. The van der Waals surface area contributed by atoms with Gasteiger partial charge in [0.2, 0.25) is 0 Å². The average molecular weight is 320 g/mol.